The fourth-order valence-electron chi connectivity index (χ4n) is 2.24. The average Bonchev–Trinajstić information content (AvgIpc) is 2.54. The number of aryl methyl sites for hydroxylation is 2. The predicted molar refractivity (Wildman–Crippen MR) is 81.4 cm³/mol. The molecule has 2 aromatic heterocycles. The lowest BCUT2D eigenvalue weighted by Crippen LogP contribution is -2.33. The molecule has 6 nitrogen and oxygen atoms in total. The number of nitrogens with zero attached hydrogens (tertiary/aromatic N) is 2. The van der Waals surface area contributed by atoms with E-state index in [0.29, 0.717) is 19.5 Å². The van der Waals surface area contributed by atoms with Crippen molar-refractivity contribution in [1.29, 1.82) is 0 Å². The zero-order chi connectivity index (χ0) is 16.7. The zero-order valence-corrected chi connectivity index (χ0v) is 12.8. The highest BCUT2D eigenvalue weighted by Crippen LogP contribution is 2.15. The lowest BCUT2D eigenvalue weighted by Gasteiger charge is -2.01. The monoisotopic (exact) mass is 316 g/mol. The highest BCUT2D eigenvalue weighted by Gasteiger charge is 2.08. The molecule has 2 heterocycles. The van der Waals surface area contributed by atoms with Crippen LogP contribution in [0, 0.1) is 0 Å². The number of hydrogen-bond acceptors (Lipinski definition) is 2. The third kappa shape index (κ3) is 5.50. The van der Waals surface area contributed by atoms with Crippen LogP contribution in [0.2, 0.25) is 0 Å². The molecule has 0 saturated heterocycles. The van der Waals surface area contributed by atoms with E-state index in [0.717, 1.165) is 11.1 Å². The van der Waals surface area contributed by atoms with Gasteiger partial charge < -0.3 is 10.2 Å². The van der Waals surface area contributed by atoms with Gasteiger partial charge in [0.1, 0.15) is 13.0 Å². The summed E-state index contributed by atoms with van der Waals surface area (Å²) in [5.74, 6) is -1.58. The Kier molecular flexibility index (Phi) is 5.80. The Morgan fingerprint density at radius 1 is 0.739 bits per heavy atom. The normalized spacial score (nSPS) is 10.4. The summed E-state index contributed by atoms with van der Waals surface area (Å²) in [5.41, 5.74) is 2.11. The van der Waals surface area contributed by atoms with Crippen LogP contribution in [-0.2, 0) is 22.7 Å². The van der Waals surface area contributed by atoms with Gasteiger partial charge in [0.15, 0.2) is 31.3 Å². The minimum Gasteiger partial charge on any atom is -0.481 e. The number of carboxylic acid groups (broad SMARTS) is 2. The lowest BCUT2D eigenvalue weighted by molar-refractivity contribution is -0.697. The summed E-state index contributed by atoms with van der Waals surface area (Å²) >= 11 is 0. The van der Waals surface area contributed by atoms with Crippen LogP contribution in [0.25, 0.3) is 11.1 Å². The van der Waals surface area contributed by atoms with Crippen molar-refractivity contribution in [3.05, 3.63) is 49.1 Å². The van der Waals surface area contributed by atoms with Crippen molar-refractivity contribution in [2.45, 2.75) is 32.4 Å². The van der Waals surface area contributed by atoms with Crippen LogP contribution in [-0.4, -0.2) is 22.2 Å². The van der Waals surface area contributed by atoms with Crippen molar-refractivity contribution in [3.63, 3.8) is 0 Å². The summed E-state index contributed by atoms with van der Waals surface area (Å²) in [6, 6.07) is 7.87. The molecule has 0 bridgehead atoms. The van der Waals surface area contributed by atoms with E-state index in [1.807, 2.05) is 58.2 Å². The molecule has 0 atom stereocenters. The Morgan fingerprint density at radius 2 is 1.17 bits per heavy atom. The number of pyridine rings is 2. The molecule has 0 aliphatic rings. The quantitative estimate of drug-likeness (QED) is 0.719. The second kappa shape index (κ2) is 8.03. The van der Waals surface area contributed by atoms with Crippen molar-refractivity contribution >= 4 is 11.9 Å². The van der Waals surface area contributed by atoms with Gasteiger partial charge in [-0.1, -0.05) is 0 Å². The van der Waals surface area contributed by atoms with Gasteiger partial charge in [-0.2, -0.15) is 0 Å². The van der Waals surface area contributed by atoms with Crippen molar-refractivity contribution in [3.8, 4) is 11.1 Å². The van der Waals surface area contributed by atoms with Gasteiger partial charge in [-0.05, 0) is 11.1 Å². The second-order valence-electron chi connectivity index (χ2n) is 5.29. The number of aromatic nitrogens is 2. The van der Waals surface area contributed by atoms with Crippen LogP contribution in [0.5, 0.6) is 0 Å². The van der Waals surface area contributed by atoms with Gasteiger partial charge in [0, 0.05) is 30.7 Å². The van der Waals surface area contributed by atoms with Gasteiger partial charge in [-0.15, -0.1) is 0 Å². The van der Waals surface area contributed by atoms with Crippen molar-refractivity contribution in [2.24, 2.45) is 0 Å². The van der Waals surface area contributed by atoms with E-state index in [9.17, 15) is 9.59 Å². The van der Waals surface area contributed by atoms with Gasteiger partial charge in [0.2, 0.25) is 0 Å². The molecule has 0 radical (unpaired) electrons. The summed E-state index contributed by atoms with van der Waals surface area (Å²) in [4.78, 5) is 21.1. The molecule has 0 fully saturated rings. The molecule has 2 N–H and O–H groups in total. The van der Waals surface area contributed by atoms with E-state index in [1.54, 1.807) is 0 Å². The Labute approximate surface area is 134 Å². The minimum atomic E-state index is -0.808. The van der Waals surface area contributed by atoms with Gasteiger partial charge in [-0.25, -0.2) is 9.13 Å². The van der Waals surface area contributed by atoms with Gasteiger partial charge >= 0.3 is 11.9 Å². The smallest absolute Gasteiger partial charge is 0.309 e. The fourth-order valence-corrected chi connectivity index (χ4v) is 2.24. The second-order valence-corrected chi connectivity index (χ2v) is 5.29. The van der Waals surface area contributed by atoms with E-state index >= 15 is 0 Å². The molecule has 0 saturated carbocycles. The maximum Gasteiger partial charge on any atom is 0.309 e. The Hall–Kier alpha value is -2.76. The lowest BCUT2D eigenvalue weighted by atomic mass is 10.1. The molecule has 23 heavy (non-hydrogen) atoms. The first kappa shape index (κ1) is 16.6. The number of carboxylic acids is 2. The summed E-state index contributed by atoms with van der Waals surface area (Å²) in [6.07, 6.45) is 8.48. The van der Waals surface area contributed by atoms with Crippen molar-refractivity contribution < 1.29 is 28.9 Å². The number of aliphatic carboxylic acids is 2. The summed E-state index contributed by atoms with van der Waals surface area (Å²) in [5, 5.41) is 17.3. The first-order valence-electron chi connectivity index (χ1n) is 7.47. The van der Waals surface area contributed by atoms with Crippen LogP contribution in [0.4, 0.5) is 0 Å². The SMILES string of the molecule is O=C(O)CCC[n+]1ccc(-c2cc[n+](CCC(=O)O)cc2)cc1. The molecule has 2 aromatic rings. The van der Waals surface area contributed by atoms with E-state index < -0.39 is 11.9 Å². The zero-order valence-electron chi connectivity index (χ0n) is 12.8. The molecule has 120 valence electrons. The van der Waals surface area contributed by atoms with Gasteiger partial charge in [0.25, 0.3) is 0 Å². The summed E-state index contributed by atoms with van der Waals surface area (Å²) in [6.45, 7) is 1.13. The molecule has 2 rings (SSSR count). The minimum absolute atomic E-state index is 0.103. The van der Waals surface area contributed by atoms with Crippen LogP contribution in [0.15, 0.2) is 49.1 Å². The first-order valence-corrected chi connectivity index (χ1v) is 7.47. The maximum absolute atomic E-state index is 10.6. The third-order valence-electron chi connectivity index (χ3n) is 3.51. The van der Waals surface area contributed by atoms with Gasteiger partial charge in [0.05, 0.1) is 6.42 Å². The number of rotatable bonds is 8. The van der Waals surface area contributed by atoms with Crippen LogP contribution in [0.1, 0.15) is 19.3 Å². The van der Waals surface area contributed by atoms with Crippen molar-refractivity contribution in [1.82, 2.24) is 0 Å². The van der Waals surface area contributed by atoms with E-state index in [4.69, 9.17) is 10.2 Å². The molecule has 0 aliphatic heterocycles. The highest BCUT2D eigenvalue weighted by atomic mass is 16.4. The fraction of sp³-hybridized carbons (Fsp3) is 0.294. The Balaban J connectivity index is 1.96. The van der Waals surface area contributed by atoms with Gasteiger partial charge in [-0.3, -0.25) is 9.59 Å². The van der Waals surface area contributed by atoms with E-state index in [2.05, 4.69) is 0 Å². The van der Waals surface area contributed by atoms with Crippen LogP contribution >= 0.6 is 0 Å². The molecule has 0 aliphatic carbocycles. The van der Waals surface area contributed by atoms with Crippen LogP contribution < -0.4 is 9.13 Å². The third-order valence-corrected chi connectivity index (χ3v) is 3.51. The molecule has 0 amide bonds. The molecule has 0 unspecified atom stereocenters. The summed E-state index contributed by atoms with van der Waals surface area (Å²) in [7, 11) is 0. The Morgan fingerprint density at radius 3 is 1.61 bits per heavy atom. The largest absolute Gasteiger partial charge is 0.481 e. The highest BCUT2D eigenvalue weighted by molar-refractivity contribution is 5.66. The molecular formula is C17H20N2O4+2. The number of hydrogen-bond donors (Lipinski definition) is 2. The maximum atomic E-state index is 10.6. The molecule has 0 aromatic carbocycles. The average molecular weight is 316 g/mol. The number of carbonyl (C=O) groups is 2. The van der Waals surface area contributed by atoms with E-state index in [1.165, 1.54) is 0 Å². The summed E-state index contributed by atoms with van der Waals surface area (Å²) < 4.78 is 3.80. The predicted octanol–water partition coefficient (Wildman–Crippen LogP) is 1.27. The standard InChI is InChI=1S/C17H18N2O4/c20-16(21)2-1-8-18-9-3-14(4-10-18)15-5-11-19(12-6-15)13-7-17(22)23/h3-6,9-12H,1-2,7-8,13H2/p+2. The Bertz CT molecular complexity index is 666. The van der Waals surface area contributed by atoms with Crippen LogP contribution in [0.3, 0.4) is 0 Å². The molecule has 6 heteroatoms. The van der Waals surface area contributed by atoms with Crippen molar-refractivity contribution in [2.75, 3.05) is 0 Å². The molecule has 0 spiro atoms. The topological polar surface area (TPSA) is 82.4 Å². The first-order chi connectivity index (χ1) is 11.0. The molecular weight excluding hydrogens is 296 g/mol. The van der Waals surface area contributed by atoms with E-state index in [-0.39, 0.29) is 12.8 Å².